The van der Waals surface area contributed by atoms with E-state index in [0.717, 1.165) is 11.1 Å². The molecule has 0 bridgehead atoms. The SMILES string of the molecule is COc1cc(/C=C(\C#N)c2ccccc2)ccc1OCC(=O)Nc1ccccc1. The quantitative estimate of drug-likeness (QED) is 0.470. The van der Waals surface area contributed by atoms with Gasteiger partial charge in [-0.05, 0) is 41.5 Å². The van der Waals surface area contributed by atoms with Gasteiger partial charge in [0, 0.05) is 5.69 Å². The van der Waals surface area contributed by atoms with Crippen LogP contribution in [-0.2, 0) is 4.79 Å². The highest BCUT2D eigenvalue weighted by Crippen LogP contribution is 2.30. The maximum Gasteiger partial charge on any atom is 0.262 e. The van der Waals surface area contributed by atoms with E-state index in [0.29, 0.717) is 22.8 Å². The number of allylic oxidation sites excluding steroid dienone is 1. The standard InChI is InChI=1S/C24H20N2O3/c1-28-23-15-18(14-20(16-25)19-8-4-2-5-9-19)12-13-22(23)29-17-24(27)26-21-10-6-3-7-11-21/h2-15H,17H2,1H3,(H,26,27)/b20-14+. The Morgan fingerprint density at radius 2 is 1.69 bits per heavy atom. The normalized spacial score (nSPS) is 10.7. The summed E-state index contributed by atoms with van der Waals surface area (Å²) in [6.07, 6.45) is 1.78. The van der Waals surface area contributed by atoms with Crippen molar-refractivity contribution in [3.8, 4) is 17.6 Å². The molecule has 5 heteroatoms. The van der Waals surface area contributed by atoms with Crippen LogP contribution in [0.4, 0.5) is 5.69 Å². The van der Waals surface area contributed by atoms with E-state index < -0.39 is 0 Å². The smallest absolute Gasteiger partial charge is 0.262 e. The molecule has 0 atom stereocenters. The molecule has 144 valence electrons. The summed E-state index contributed by atoms with van der Waals surface area (Å²) in [6.45, 7) is -0.145. The first-order valence-electron chi connectivity index (χ1n) is 9.02. The highest BCUT2D eigenvalue weighted by atomic mass is 16.5. The number of nitrogens with one attached hydrogen (secondary N) is 1. The summed E-state index contributed by atoms with van der Waals surface area (Å²) in [5.74, 6) is 0.667. The number of anilines is 1. The van der Waals surface area contributed by atoms with Gasteiger partial charge in [-0.3, -0.25) is 4.79 Å². The summed E-state index contributed by atoms with van der Waals surface area (Å²) in [5.41, 5.74) is 2.89. The third-order valence-corrected chi connectivity index (χ3v) is 4.12. The van der Waals surface area contributed by atoms with Crippen LogP contribution in [0.1, 0.15) is 11.1 Å². The van der Waals surface area contributed by atoms with E-state index in [-0.39, 0.29) is 12.5 Å². The van der Waals surface area contributed by atoms with Crippen LogP contribution in [0.2, 0.25) is 0 Å². The van der Waals surface area contributed by atoms with Gasteiger partial charge in [0.2, 0.25) is 0 Å². The topological polar surface area (TPSA) is 71.3 Å². The van der Waals surface area contributed by atoms with Gasteiger partial charge in [0.25, 0.3) is 5.91 Å². The van der Waals surface area contributed by atoms with Crippen LogP contribution in [0.15, 0.2) is 78.9 Å². The Morgan fingerprint density at radius 1 is 1.00 bits per heavy atom. The molecule has 0 aliphatic heterocycles. The van der Waals surface area contributed by atoms with Crippen LogP contribution < -0.4 is 14.8 Å². The molecular formula is C24H20N2O3. The van der Waals surface area contributed by atoms with Crippen molar-refractivity contribution in [2.75, 3.05) is 19.0 Å². The second-order valence-corrected chi connectivity index (χ2v) is 6.15. The molecule has 0 heterocycles. The Balaban J connectivity index is 1.71. The van der Waals surface area contributed by atoms with Crippen LogP contribution in [0, 0.1) is 11.3 Å². The predicted octanol–water partition coefficient (Wildman–Crippen LogP) is 4.78. The molecule has 0 unspecified atom stereocenters. The molecule has 5 nitrogen and oxygen atoms in total. The van der Waals surface area contributed by atoms with E-state index in [9.17, 15) is 10.1 Å². The molecule has 1 N–H and O–H groups in total. The van der Waals surface area contributed by atoms with Crippen LogP contribution in [0.25, 0.3) is 11.6 Å². The van der Waals surface area contributed by atoms with Crippen LogP contribution in [0.5, 0.6) is 11.5 Å². The van der Waals surface area contributed by atoms with Crippen LogP contribution >= 0.6 is 0 Å². The van der Waals surface area contributed by atoms with Crippen molar-refractivity contribution in [2.45, 2.75) is 0 Å². The average molecular weight is 384 g/mol. The van der Waals surface area contributed by atoms with Gasteiger partial charge in [-0.25, -0.2) is 0 Å². The Bertz CT molecular complexity index is 1040. The van der Waals surface area contributed by atoms with Gasteiger partial charge in [0.15, 0.2) is 18.1 Å². The number of ether oxygens (including phenoxy) is 2. The molecule has 0 aromatic heterocycles. The number of benzene rings is 3. The van der Waals surface area contributed by atoms with Crippen molar-refractivity contribution >= 4 is 23.2 Å². The highest BCUT2D eigenvalue weighted by Gasteiger charge is 2.09. The molecular weight excluding hydrogens is 364 g/mol. The number of para-hydroxylation sites is 1. The minimum absolute atomic E-state index is 0.145. The number of amides is 1. The first kappa shape index (κ1) is 19.7. The molecule has 0 spiro atoms. The zero-order chi connectivity index (χ0) is 20.5. The fourth-order valence-electron chi connectivity index (χ4n) is 2.72. The summed E-state index contributed by atoms with van der Waals surface area (Å²) >= 11 is 0. The zero-order valence-electron chi connectivity index (χ0n) is 16.0. The number of methoxy groups -OCH3 is 1. The lowest BCUT2D eigenvalue weighted by Gasteiger charge is -2.12. The van der Waals surface area contributed by atoms with Gasteiger partial charge < -0.3 is 14.8 Å². The molecule has 0 aliphatic carbocycles. The van der Waals surface area contributed by atoms with Crippen molar-refractivity contribution in [2.24, 2.45) is 0 Å². The maximum absolute atomic E-state index is 12.1. The Kier molecular flexibility index (Phi) is 6.64. The van der Waals surface area contributed by atoms with E-state index >= 15 is 0 Å². The average Bonchev–Trinajstić information content (AvgIpc) is 2.77. The maximum atomic E-state index is 12.1. The lowest BCUT2D eigenvalue weighted by Crippen LogP contribution is -2.20. The van der Waals surface area contributed by atoms with Gasteiger partial charge in [-0.2, -0.15) is 5.26 Å². The highest BCUT2D eigenvalue weighted by molar-refractivity contribution is 5.92. The molecule has 0 aliphatic rings. The van der Waals surface area contributed by atoms with Crippen LogP contribution in [0.3, 0.4) is 0 Å². The number of nitriles is 1. The second kappa shape index (κ2) is 9.77. The lowest BCUT2D eigenvalue weighted by molar-refractivity contribution is -0.118. The van der Waals surface area contributed by atoms with E-state index in [4.69, 9.17) is 9.47 Å². The van der Waals surface area contributed by atoms with Crippen molar-refractivity contribution in [1.82, 2.24) is 0 Å². The minimum Gasteiger partial charge on any atom is -0.493 e. The summed E-state index contributed by atoms with van der Waals surface area (Å²) < 4.78 is 11.0. The number of nitrogens with zero attached hydrogens (tertiary/aromatic N) is 1. The Hall–Kier alpha value is -4.04. The molecule has 0 saturated heterocycles. The molecule has 0 radical (unpaired) electrons. The van der Waals surface area contributed by atoms with Crippen LogP contribution in [-0.4, -0.2) is 19.6 Å². The molecule has 29 heavy (non-hydrogen) atoms. The number of rotatable bonds is 7. The van der Waals surface area contributed by atoms with Gasteiger partial charge in [0.1, 0.15) is 0 Å². The molecule has 0 fully saturated rings. The number of hydrogen-bond donors (Lipinski definition) is 1. The summed E-state index contributed by atoms with van der Waals surface area (Å²) in [5, 5.41) is 12.2. The Morgan fingerprint density at radius 3 is 2.34 bits per heavy atom. The molecule has 0 saturated carbocycles. The molecule has 1 amide bonds. The third-order valence-electron chi connectivity index (χ3n) is 4.12. The first-order chi connectivity index (χ1) is 14.2. The lowest BCUT2D eigenvalue weighted by atomic mass is 10.0. The fourth-order valence-corrected chi connectivity index (χ4v) is 2.72. The van der Waals surface area contributed by atoms with E-state index in [2.05, 4.69) is 11.4 Å². The van der Waals surface area contributed by atoms with Crippen molar-refractivity contribution in [3.05, 3.63) is 90.0 Å². The number of hydrogen-bond acceptors (Lipinski definition) is 4. The van der Waals surface area contributed by atoms with E-state index in [1.54, 1.807) is 30.3 Å². The van der Waals surface area contributed by atoms with Crippen molar-refractivity contribution in [1.29, 1.82) is 5.26 Å². The monoisotopic (exact) mass is 384 g/mol. The second-order valence-electron chi connectivity index (χ2n) is 6.15. The van der Waals surface area contributed by atoms with Gasteiger partial charge >= 0.3 is 0 Å². The summed E-state index contributed by atoms with van der Waals surface area (Å²) in [6, 6.07) is 26.1. The van der Waals surface area contributed by atoms with Crippen molar-refractivity contribution in [3.63, 3.8) is 0 Å². The number of carbonyl (C=O) groups is 1. The molecule has 3 aromatic rings. The summed E-state index contributed by atoms with van der Waals surface area (Å²) in [4.78, 5) is 12.1. The van der Waals surface area contributed by atoms with Crippen molar-refractivity contribution < 1.29 is 14.3 Å². The van der Waals surface area contributed by atoms with E-state index in [1.165, 1.54) is 7.11 Å². The van der Waals surface area contributed by atoms with Gasteiger partial charge in [-0.15, -0.1) is 0 Å². The van der Waals surface area contributed by atoms with Gasteiger partial charge in [0.05, 0.1) is 18.8 Å². The Labute approximate surface area is 169 Å². The first-order valence-corrected chi connectivity index (χ1v) is 9.02. The largest absolute Gasteiger partial charge is 0.493 e. The van der Waals surface area contributed by atoms with E-state index in [1.807, 2.05) is 54.6 Å². The predicted molar refractivity (Wildman–Crippen MR) is 113 cm³/mol. The molecule has 3 rings (SSSR count). The minimum atomic E-state index is -0.266. The fraction of sp³-hybridized carbons (Fsp3) is 0.0833. The van der Waals surface area contributed by atoms with Gasteiger partial charge in [-0.1, -0.05) is 54.6 Å². The third kappa shape index (κ3) is 5.47. The number of carbonyl (C=O) groups excluding carboxylic acids is 1. The zero-order valence-corrected chi connectivity index (χ0v) is 16.0. The molecule has 3 aromatic carbocycles. The summed E-state index contributed by atoms with van der Waals surface area (Å²) in [7, 11) is 1.53.